The average molecular weight is 266 g/mol. The summed E-state index contributed by atoms with van der Waals surface area (Å²) in [4.78, 5) is 23.4. The van der Waals surface area contributed by atoms with Crippen LogP contribution in [0.4, 0.5) is 11.4 Å². The van der Waals surface area contributed by atoms with Gasteiger partial charge in [-0.25, -0.2) is 4.79 Å². The molecule has 1 aromatic rings. The molecular formula is C12H14N2O5. The normalized spacial score (nSPS) is 15.9. The maximum atomic E-state index is 11.2. The molecule has 1 aromatic carbocycles. The number of rotatable bonds is 3. The smallest absolute Gasteiger partial charge is 0.342 e. The highest BCUT2D eigenvalue weighted by molar-refractivity contribution is 5.95. The van der Waals surface area contributed by atoms with Crippen molar-refractivity contribution in [1.82, 2.24) is 0 Å². The van der Waals surface area contributed by atoms with E-state index in [2.05, 4.69) is 0 Å². The standard InChI is InChI=1S/C12H14N2O5/c15-12(16)9-3-1-4-10(11(9)14(17)18)13-5-2-7-19-8-6-13/h1,3-4H,2,5-8H2,(H,15,16). The van der Waals surface area contributed by atoms with Gasteiger partial charge in [0.1, 0.15) is 11.3 Å². The van der Waals surface area contributed by atoms with Gasteiger partial charge in [-0.3, -0.25) is 10.1 Å². The Morgan fingerprint density at radius 2 is 2.16 bits per heavy atom. The number of aromatic carboxylic acids is 1. The molecule has 0 amide bonds. The van der Waals surface area contributed by atoms with Gasteiger partial charge in [-0.05, 0) is 18.6 Å². The van der Waals surface area contributed by atoms with E-state index >= 15 is 0 Å². The number of carboxylic acid groups (broad SMARTS) is 1. The lowest BCUT2D eigenvalue weighted by atomic mass is 10.1. The third-order valence-electron chi connectivity index (χ3n) is 2.99. The first kappa shape index (κ1) is 13.3. The van der Waals surface area contributed by atoms with Crippen molar-refractivity contribution in [3.05, 3.63) is 33.9 Å². The molecule has 2 rings (SSSR count). The lowest BCUT2D eigenvalue weighted by molar-refractivity contribution is -0.384. The molecule has 102 valence electrons. The topological polar surface area (TPSA) is 92.9 Å². The fourth-order valence-electron chi connectivity index (χ4n) is 2.14. The van der Waals surface area contributed by atoms with E-state index in [1.165, 1.54) is 12.1 Å². The molecule has 0 aliphatic carbocycles. The molecule has 0 bridgehead atoms. The molecular weight excluding hydrogens is 252 g/mol. The molecule has 0 radical (unpaired) electrons. The number of nitrogens with zero attached hydrogens (tertiary/aromatic N) is 2. The number of anilines is 1. The molecule has 0 saturated carbocycles. The number of hydrogen-bond acceptors (Lipinski definition) is 5. The van der Waals surface area contributed by atoms with E-state index in [-0.39, 0.29) is 11.3 Å². The first-order valence-corrected chi connectivity index (χ1v) is 5.94. The van der Waals surface area contributed by atoms with Crippen molar-refractivity contribution < 1.29 is 19.6 Å². The van der Waals surface area contributed by atoms with Crippen LogP contribution in [0, 0.1) is 10.1 Å². The van der Waals surface area contributed by atoms with E-state index < -0.39 is 10.9 Å². The molecule has 7 nitrogen and oxygen atoms in total. The molecule has 1 N–H and O–H groups in total. The Kier molecular flexibility index (Phi) is 3.96. The Labute approximate surface area is 109 Å². The largest absolute Gasteiger partial charge is 0.477 e. The zero-order valence-corrected chi connectivity index (χ0v) is 10.2. The summed E-state index contributed by atoms with van der Waals surface area (Å²) in [6.07, 6.45) is 0.758. The monoisotopic (exact) mass is 266 g/mol. The number of carbonyl (C=O) groups is 1. The van der Waals surface area contributed by atoms with Crippen LogP contribution in [0.5, 0.6) is 0 Å². The molecule has 0 spiro atoms. The van der Waals surface area contributed by atoms with Crippen LogP contribution in [0.1, 0.15) is 16.8 Å². The van der Waals surface area contributed by atoms with Gasteiger partial charge >= 0.3 is 11.7 Å². The van der Waals surface area contributed by atoms with Gasteiger partial charge in [-0.1, -0.05) is 6.07 Å². The second-order valence-corrected chi connectivity index (χ2v) is 4.19. The number of nitro benzene ring substituents is 1. The fourth-order valence-corrected chi connectivity index (χ4v) is 2.14. The van der Waals surface area contributed by atoms with Gasteiger partial charge in [-0.15, -0.1) is 0 Å². The Hall–Kier alpha value is -2.15. The third-order valence-corrected chi connectivity index (χ3v) is 2.99. The molecule has 1 heterocycles. The van der Waals surface area contributed by atoms with Crippen molar-refractivity contribution in [2.24, 2.45) is 0 Å². The number of nitro groups is 1. The van der Waals surface area contributed by atoms with Gasteiger partial charge in [0, 0.05) is 19.7 Å². The van der Waals surface area contributed by atoms with E-state index in [4.69, 9.17) is 9.84 Å². The van der Waals surface area contributed by atoms with Gasteiger partial charge in [0.15, 0.2) is 0 Å². The molecule has 0 aromatic heterocycles. The van der Waals surface area contributed by atoms with Crippen LogP contribution in [-0.4, -0.2) is 42.3 Å². The zero-order valence-electron chi connectivity index (χ0n) is 10.2. The predicted molar refractivity (Wildman–Crippen MR) is 67.7 cm³/mol. The summed E-state index contributed by atoms with van der Waals surface area (Å²) < 4.78 is 5.30. The zero-order chi connectivity index (χ0) is 13.8. The number of hydrogen-bond donors (Lipinski definition) is 1. The SMILES string of the molecule is O=C(O)c1cccc(N2CCCOCC2)c1[N+](=O)[O-]. The summed E-state index contributed by atoms with van der Waals surface area (Å²) in [6.45, 7) is 2.23. The average Bonchev–Trinajstić information content (AvgIpc) is 2.66. The minimum atomic E-state index is -1.29. The summed E-state index contributed by atoms with van der Waals surface area (Å²) in [5, 5.41) is 20.2. The third kappa shape index (κ3) is 2.82. The molecule has 1 aliphatic heterocycles. The molecule has 1 aliphatic rings. The molecule has 1 fully saturated rings. The second kappa shape index (κ2) is 5.66. The lowest BCUT2D eigenvalue weighted by Crippen LogP contribution is -2.27. The van der Waals surface area contributed by atoms with Crippen LogP contribution in [0.25, 0.3) is 0 Å². The molecule has 19 heavy (non-hydrogen) atoms. The molecule has 7 heteroatoms. The Balaban J connectivity index is 2.46. The Morgan fingerprint density at radius 3 is 2.84 bits per heavy atom. The summed E-state index contributed by atoms with van der Waals surface area (Å²) in [6, 6.07) is 4.35. The first-order valence-electron chi connectivity index (χ1n) is 5.94. The van der Waals surface area contributed by atoms with Crippen LogP contribution in [0.3, 0.4) is 0 Å². The highest BCUT2D eigenvalue weighted by atomic mass is 16.6. The highest BCUT2D eigenvalue weighted by Crippen LogP contribution is 2.32. The maximum absolute atomic E-state index is 11.2. The van der Waals surface area contributed by atoms with Crippen molar-refractivity contribution in [1.29, 1.82) is 0 Å². The van der Waals surface area contributed by atoms with Crippen molar-refractivity contribution in [3.63, 3.8) is 0 Å². The maximum Gasteiger partial charge on any atom is 0.342 e. The second-order valence-electron chi connectivity index (χ2n) is 4.19. The van der Waals surface area contributed by atoms with Crippen LogP contribution in [0.15, 0.2) is 18.2 Å². The Morgan fingerprint density at radius 1 is 1.37 bits per heavy atom. The van der Waals surface area contributed by atoms with Crippen molar-refractivity contribution in [3.8, 4) is 0 Å². The quantitative estimate of drug-likeness (QED) is 0.658. The van der Waals surface area contributed by atoms with Crippen molar-refractivity contribution in [2.45, 2.75) is 6.42 Å². The predicted octanol–water partition coefficient (Wildman–Crippen LogP) is 1.52. The highest BCUT2D eigenvalue weighted by Gasteiger charge is 2.27. The summed E-state index contributed by atoms with van der Waals surface area (Å²) >= 11 is 0. The summed E-state index contributed by atoms with van der Waals surface area (Å²) in [7, 11) is 0. The van der Waals surface area contributed by atoms with Crippen LogP contribution < -0.4 is 4.90 Å². The fraction of sp³-hybridized carbons (Fsp3) is 0.417. The van der Waals surface area contributed by atoms with Crippen molar-refractivity contribution >= 4 is 17.3 Å². The van der Waals surface area contributed by atoms with Gasteiger partial charge < -0.3 is 14.7 Å². The van der Waals surface area contributed by atoms with Crippen molar-refractivity contribution in [2.75, 3.05) is 31.2 Å². The summed E-state index contributed by atoms with van der Waals surface area (Å²) in [5.41, 5.74) is -0.292. The van der Waals surface area contributed by atoms with E-state index in [1.54, 1.807) is 11.0 Å². The minimum absolute atomic E-state index is 0.285. The number of ether oxygens (including phenoxy) is 1. The Bertz CT molecular complexity index is 495. The molecule has 0 unspecified atom stereocenters. The van der Waals surface area contributed by atoms with Gasteiger partial charge in [-0.2, -0.15) is 0 Å². The van der Waals surface area contributed by atoms with E-state index in [0.29, 0.717) is 32.0 Å². The number of carboxylic acids is 1. The van der Waals surface area contributed by atoms with Crippen LogP contribution in [0.2, 0.25) is 0 Å². The molecule has 0 atom stereocenters. The van der Waals surface area contributed by atoms with Crippen LogP contribution >= 0.6 is 0 Å². The number of benzene rings is 1. The van der Waals surface area contributed by atoms with Gasteiger partial charge in [0.2, 0.25) is 0 Å². The van der Waals surface area contributed by atoms with Crippen LogP contribution in [-0.2, 0) is 4.74 Å². The lowest BCUT2D eigenvalue weighted by Gasteiger charge is -2.22. The van der Waals surface area contributed by atoms with E-state index in [9.17, 15) is 14.9 Å². The number of para-hydroxylation sites is 1. The van der Waals surface area contributed by atoms with Gasteiger partial charge in [0.25, 0.3) is 0 Å². The summed E-state index contributed by atoms with van der Waals surface area (Å²) in [5.74, 6) is -1.29. The molecule has 1 saturated heterocycles. The van der Waals surface area contributed by atoms with Gasteiger partial charge in [0.05, 0.1) is 11.5 Å². The van der Waals surface area contributed by atoms with E-state index in [0.717, 1.165) is 6.42 Å². The first-order chi connectivity index (χ1) is 9.11. The van der Waals surface area contributed by atoms with E-state index in [1.807, 2.05) is 0 Å². The minimum Gasteiger partial charge on any atom is -0.477 e.